The van der Waals surface area contributed by atoms with E-state index in [0.29, 0.717) is 5.41 Å². The highest BCUT2D eigenvalue weighted by Gasteiger charge is 2.43. The Morgan fingerprint density at radius 3 is 2.59 bits per heavy atom. The quantitative estimate of drug-likeness (QED) is 0.472. The molecule has 0 unspecified atom stereocenters. The minimum atomic E-state index is 0. The topological polar surface area (TPSA) is 27.6 Å². The van der Waals surface area contributed by atoms with E-state index in [1.807, 2.05) is 0 Å². The Kier molecular flexibility index (Phi) is 4.21. The molecule has 0 aromatic rings. The number of hydrogen-bond acceptors (Lipinski definition) is 1. The maximum absolute atomic E-state index is 4.64. The fraction of sp³-hybridized carbons (Fsp3) is 0.923. The Morgan fingerprint density at radius 1 is 1.35 bits per heavy atom. The van der Waals surface area contributed by atoms with Crippen LogP contribution in [0.5, 0.6) is 0 Å². The number of halogens is 1. The van der Waals surface area contributed by atoms with Crippen molar-refractivity contribution < 1.29 is 0 Å². The van der Waals surface area contributed by atoms with Crippen molar-refractivity contribution in [3.8, 4) is 0 Å². The molecule has 3 aliphatic rings. The molecule has 1 spiro atoms. The van der Waals surface area contributed by atoms with Gasteiger partial charge in [0.2, 0.25) is 0 Å². The van der Waals surface area contributed by atoms with Crippen molar-refractivity contribution in [1.29, 1.82) is 0 Å². The maximum atomic E-state index is 4.64. The first-order valence-electron chi connectivity index (χ1n) is 6.87. The van der Waals surface area contributed by atoms with Gasteiger partial charge in [-0.3, -0.25) is 4.99 Å². The van der Waals surface area contributed by atoms with E-state index >= 15 is 0 Å². The van der Waals surface area contributed by atoms with Crippen LogP contribution in [-0.4, -0.2) is 36.5 Å². The van der Waals surface area contributed by atoms with Gasteiger partial charge in [0.05, 0.1) is 0 Å². The van der Waals surface area contributed by atoms with Gasteiger partial charge in [-0.1, -0.05) is 6.42 Å². The van der Waals surface area contributed by atoms with Crippen LogP contribution in [0, 0.1) is 5.41 Å². The lowest BCUT2D eigenvalue weighted by molar-refractivity contribution is 0.151. The van der Waals surface area contributed by atoms with E-state index in [4.69, 9.17) is 0 Å². The smallest absolute Gasteiger partial charge is 0.194 e. The van der Waals surface area contributed by atoms with Crippen molar-refractivity contribution in [3.63, 3.8) is 0 Å². The zero-order valence-electron chi connectivity index (χ0n) is 10.7. The zero-order valence-corrected chi connectivity index (χ0v) is 13.1. The van der Waals surface area contributed by atoms with Gasteiger partial charge in [-0.05, 0) is 44.4 Å². The molecule has 0 amide bonds. The second kappa shape index (κ2) is 5.33. The highest BCUT2D eigenvalue weighted by molar-refractivity contribution is 14.0. The molecule has 0 aromatic carbocycles. The molecule has 2 saturated carbocycles. The average molecular weight is 349 g/mol. The van der Waals surface area contributed by atoms with E-state index in [0.717, 1.165) is 12.6 Å². The summed E-state index contributed by atoms with van der Waals surface area (Å²) in [7, 11) is 0. The van der Waals surface area contributed by atoms with Crippen molar-refractivity contribution in [3.05, 3.63) is 0 Å². The SMILES string of the molecule is CCN=C(NC1CC1)N1CCC2(CCC2)C1.I. The van der Waals surface area contributed by atoms with Crippen LogP contribution in [-0.2, 0) is 0 Å². The van der Waals surface area contributed by atoms with Gasteiger partial charge in [-0.15, -0.1) is 24.0 Å². The third-order valence-electron chi connectivity index (χ3n) is 4.37. The summed E-state index contributed by atoms with van der Waals surface area (Å²) in [6, 6.07) is 0.725. The van der Waals surface area contributed by atoms with E-state index in [2.05, 4.69) is 22.1 Å². The average Bonchev–Trinajstić information content (AvgIpc) is 2.93. The molecule has 1 aliphatic heterocycles. The van der Waals surface area contributed by atoms with Gasteiger partial charge in [0, 0.05) is 25.7 Å². The summed E-state index contributed by atoms with van der Waals surface area (Å²) < 4.78 is 0. The Labute approximate surface area is 121 Å². The molecule has 0 aromatic heterocycles. The number of guanidine groups is 1. The number of likely N-dealkylation sites (tertiary alicyclic amines) is 1. The first-order valence-corrected chi connectivity index (χ1v) is 6.87. The molecule has 2 aliphatic carbocycles. The van der Waals surface area contributed by atoms with Gasteiger partial charge in [-0.2, -0.15) is 0 Å². The molecule has 4 heteroatoms. The standard InChI is InChI=1S/C13H23N3.HI/c1-2-14-12(15-11-4-5-11)16-9-8-13(10-16)6-3-7-13;/h11H,2-10H2,1H3,(H,14,15);1H. The van der Waals surface area contributed by atoms with Crippen LogP contribution < -0.4 is 5.32 Å². The van der Waals surface area contributed by atoms with Crippen molar-refractivity contribution in [2.45, 2.75) is 51.5 Å². The molecule has 0 radical (unpaired) electrons. The second-order valence-corrected chi connectivity index (χ2v) is 5.74. The van der Waals surface area contributed by atoms with Gasteiger partial charge in [0.25, 0.3) is 0 Å². The molecular formula is C13H24IN3. The van der Waals surface area contributed by atoms with E-state index in [-0.39, 0.29) is 24.0 Å². The van der Waals surface area contributed by atoms with E-state index in [1.165, 1.54) is 57.6 Å². The second-order valence-electron chi connectivity index (χ2n) is 5.74. The highest BCUT2D eigenvalue weighted by atomic mass is 127. The summed E-state index contributed by atoms with van der Waals surface area (Å²) >= 11 is 0. The lowest BCUT2D eigenvalue weighted by atomic mass is 9.68. The summed E-state index contributed by atoms with van der Waals surface area (Å²) in [5, 5.41) is 3.60. The molecule has 98 valence electrons. The number of rotatable bonds is 2. The third kappa shape index (κ3) is 2.88. The molecule has 0 atom stereocenters. The van der Waals surface area contributed by atoms with Crippen molar-refractivity contribution in [1.82, 2.24) is 10.2 Å². The summed E-state index contributed by atoms with van der Waals surface area (Å²) in [5.41, 5.74) is 0.680. The first-order chi connectivity index (χ1) is 7.81. The van der Waals surface area contributed by atoms with Gasteiger partial charge in [0.1, 0.15) is 0 Å². The molecule has 1 heterocycles. The first kappa shape index (κ1) is 13.4. The van der Waals surface area contributed by atoms with E-state index in [9.17, 15) is 0 Å². The lowest BCUT2D eigenvalue weighted by Gasteiger charge is -2.38. The molecule has 0 bridgehead atoms. The van der Waals surface area contributed by atoms with Crippen LogP contribution >= 0.6 is 24.0 Å². The number of nitrogens with one attached hydrogen (secondary N) is 1. The minimum absolute atomic E-state index is 0. The van der Waals surface area contributed by atoms with Gasteiger partial charge < -0.3 is 10.2 Å². The predicted octanol–water partition coefficient (Wildman–Crippen LogP) is 2.61. The molecule has 1 saturated heterocycles. The van der Waals surface area contributed by atoms with Crippen LogP contribution in [0.2, 0.25) is 0 Å². The van der Waals surface area contributed by atoms with Crippen LogP contribution in [0.15, 0.2) is 4.99 Å². The molecule has 17 heavy (non-hydrogen) atoms. The van der Waals surface area contributed by atoms with Crippen LogP contribution in [0.4, 0.5) is 0 Å². The number of nitrogens with zero attached hydrogens (tertiary/aromatic N) is 2. The van der Waals surface area contributed by atoms with E-state index < -0.39 is 0 Å². The molecular weight excluding hydrogens is 325 g/mol. The van der Waals surface area contributed by atoms with Crippen molar-refractivity contribution in [2.24, 2.45) is 10.4 Å². The highest BCUT2D eigenvalue weighted by Crippen LogP contribution is 2.47. The number of hydrogen-bond donors (Lipinski definition) is 1. The third-order valence-corrected chi connectivity index (χ3v) is 4.37. The maximum Gasteiger partial charge on any atom is 0.194 e. The fourth-order valence-electron chi connectivity index (χ4n) is 3.00. The number of aliphatic imine (C=N–C) groups is 1. The Bertz CT molecular complexity index is 295. The van der Waals surface area contributed by atoms with Crippen LogP contribution in [0.1, 0.15) is 45.4 Å². The largest absolute Gasteiger partial charge is 0.354 e. The van der Waals surface area contributed by atoms with Gasteiger partial charge in [0.15, 0.2) is 5.96 Å². The van der Waals surface area contributed by atoms with Crippen LogP contribution in [0.3, 0.4) is 0 Å². The van der Waals surface area contributed by atoms with Crippen molar-refractivity contribution in [2.75, 3.05) is 19.6 Å². The van der Waals surface area contributed by atoms with Crippen molar-refractivity contribution >= 4 is 29.9 Å². The fourth-order valence-corrected chi connectivity index (χ4v) is 3.00. The Balaban J connectivity index is 0.00000108. The summed E-state index contributed by atoms with van der Waals surface area (Å²) in [5.74, 6) is 1.19. The van der Waals surface area contributed by atoms with Gasteiger partial charge in [-0.25, -0.2) is 0 Å². The lowest BCUT2D eigenvalue weighted by Crippen LogP contribution is -2.43. The minimum Gasteiger partial charge on any atom is -0.354 e. The summed E-state index contributed by atoms with van der Waals surface area (Å²) in [4.78, 5) is 7.14. The molecule has 3 fully saturated rings. The molecule has 3 nitrogen and oxygen atoms in total. The van der Waals surface area contributed by atoms with Crippen LogP contribution in [0.25, 0.3) is 0 Å². The molecule has 1 N–H and O–H groups in total. The summed E-state index contributed by atoms with van der Waals surface area (Å²) in [6.07, 6.45) is 8.41. The summed E-state index contributed by atoms with van der Waals surface area (Å²) in [6.45, 7) is 5.51. The zero-order chi connectivity index (χ0) is 11.0. The predicted molar refractivity (Wildman–Crippen MR) is 82.0 cm³/mol. The van der Waals surface area contributed by atoms with E-state index in [1.54, 1.807) is 0 Å². The molecule has 3 rings (SSSR count). The normalized spacial score (nSPS) is 26.6. The Hall–Kier alpha value is 0. The van der Waals surface area contributed by atoms with Gasteiger partial charge >= 0.3 is 0 Å². The monoisotopic (exact) mass is 349 g/mol. The Morgan fingerprint density at radius 2 is 2.12 bits per heavy atom.